The van der Waals surface area contributed by atoms with E-state index in [1.54, 1.807) is 16.7 Å². The van der Waals surface area contributed by atoms with Gasteiger partial charge in [-0.1, -0.05) is 0 Å². The molecule has 1 heterocycles. The second-order valence-electron chi connectivity index (χ2n) is 3.27. The molecule has 1 saturated heterocycles. The first-order chi connectivity index (χ1) is 6.67. The molecule has 0 radical (unpaired) electrons. The van der Waals surface area contributed by atoms with Crippen molar-refractivity contribution < 1.29 is 9.53 Å². The molecular formula is C9H14N2O2S. The van der Waals surface area contributed by atoms with Crippen molar-refractivity contribution in [3.8, 4) is 6.07 Å². The van der Waals surface area contributed by atoms with E-state index < -0.39 is 0 Å². The molecule has 0 bridgehead atoms. The number of amides is 1. The number of carbonyl (C=O) groups is 1. The molecule has 0 atom stereocenters. The quantitative estimate of drug-likeness (QED) is 0.663. The highest BCUT2D eigenvalue weighted by atomic mass is 32.2. The lowest BCUT2D eigenvalue weighted by Crippen LogP contribution is -2.44. The monoisotopic (exact) mass is 214 g/mol. The van der Waals surface area contributed by atoms with Crippen LogP contribution in [0.1, 0.15) is 12.8 Å². The summed E-state index contributed by atoms with van der Waals surface area (Å²) in [7, 11) is 1.38. The third-order valence-electron chi connectivity index (χ3n) is 2.60. The molecule has 0 saturated carbocycles. The summed E-state index contributed by atoms with van der Waals surface area (Å²) in [4.78, 5) is 12.8. The van der Waals surface area contributed by atoms with Crippen molar-refractivity contribution in [1.82, 2.24) is 4.90 Å². The second-order valence-corrected chi connectivity index (χ2v) is 4.46. The fourth-order valence-electron chi connectivity index (χ4n) is 1.54. The number of nitrogens with zero attached hydrogens (tertiary/aromatic N) is 2. The fourth-order valence-corrected chi connectivity index (χ4v) is 2.22. The van der Waals surface area contributed by atoms with Crippen molar-refractivity contribution >= 4 is 17.9 Å². The predicted octanol–water partition coefficient (Wildman–Crippen LogP) is 1.47. The summed E-state index contributed by atoms with van der Waals surface area (Å²) in [6.45, 7) is 1.22. The molecular weight excluding hydrogens is 200 g/mol. The van der Waals surface area contributed by atoms with Gasteiger partial charge in [-0.25, -0.2) is 4.79 Å². The molecule has 0 aromatic carbocycles. The van der Waals surface area contributed by atoms with Crippen LogP contribution in [0.4, 0.5) is 4.79 Å². The average Bonchev–Trinajstić information content (AvgIpc) is 2.28. The maximum atomic E-state index is 11.2. The highest BCUT2D eigenvalue weighted by molar-refractivity contribution is 8.00. The smallest absolute Gasteiger partial charge is 0.409 e. The number of piperidine rings is 1. The lowest BCUT2D eigenvalue weighted by Gasteiger charge is -2.35. The summed E-state index contributed by atoms with van der Waals surface area (Å²) in [6.07, 6.45) is 3.09. The lowest BCUT2D eigenvalue weighted by atomic mass is 9.98. The first kappa shape index (κ1) is 11.2. The van der Waals surface area contributed by atoms with E-state index in [0.29, 0.717) is 13.1 Å². The maximum absolute atomic E-state index is 11.2. The Kier molecular flexibility index (Phi) is 3.64. The van der Waals surface area contributed by atoms with Gasteiger partial charge in [0.25, 0.3) is 0 Å². The molecule has 78 valence electrons. The first-order valence-electron chi connectivity index (χ1n) is 4.47. The second kappa shape index (κ2) is 4.56. The number of hydrogen-bond donors (Lipinski definition) is 0. The standard InChI is InChI=1S/C9H14N2O2S/c1-13-8(12)11-5-3-9(7-10,14-2)4-6-11/h3-6H2,1-2H3. The zero-order valence-corrected chi connectivity index (χ0v) is 9.26. The molecule has 4 nitrogen and oxygen atoms in total. The van der Waals surface area contributed by atoms with E-state index in [1.165, 1.54) is 7.11 Å². The maximum Gasteiger partial charge on any atom is 0.409 e. The molecule has 0 unspecified atom stereocenters. The van der Waals surface area contributed by atoms with Gasteiger partial charge in [0, 0.05) is 13.1 Å². The van der Waals surface area contributed by atoms with Crippen molar-refractivity contribution in [1.29, 1.82) is 5.26 Å². The number of hydrogen-bond acceptors (Lipinski definition) is 4. The van der Waals surface area contributed by atoms with Crippen LogP contribution >= 0.6 is 11.8 Å². The van der Waals surface area contributed by atoms with Gasteiger partial charge in [0.15, 0.2) is 0 Å². The average molecular weight is 214 g/mol. The molecule has 1 aliphatic rings. The topological polar surface area (TPSA) is 53.3 Å². The van der Waals surface area contributed by atoms with Crippen molar-refractivity contribution in [3.05, 3.63) is 0 Å². The number of nitriles is 1. The normalized spacial score (nSPS) is 19.9. The van der Waals surface area contributed by atoms with Crippen LogP contribution in [0.5, 0.6) is 0 Å². The Morgan fingerprint density at radius 3 is 2.50 bits per heavy atom. The molecule has 0 spiro atoms. The molecule has 0 N–H and O–H groups in total. The summed E-state index contributed by atoms with van der Waals surface area (Å²) in [6, 6.07) is 2.33. The molecule has 14 heavy (non-hydrogen) atoms. The highest BCUT2D eigenvalue weighted by Crippen LogP contribution is 2.33. The summed E-state index contributed by atoms with van der Waals surface area (Å²) in [5, 5.41) is 9.02. The van der Waals surface area contributed by atoms with Crippen molar-refractivity contribution in [2.45, 2.75) is 17.6 Å². The zero-order valence-electron chi connectivity index (χ0n) is 8.45. The number of carbonyl (C=O) groups excluding carboxylic acids is 1. The number of likely N-dealkylation sites (tertiary alicyclic amines) is 1. The molecule has 0 aromatic rings. The predicted molar refractivity (Wildman–Crippen MR) is 55.1 cm³/mol. The molecule has 0 aliphatic carbocycles. The molecule has 0 aromatic heterocycles. The fraction of sp³-hybridized carbons (Fsp3) is 0.778. The van der Waals surface area contributed by atoms with Crippen LogP contribution in [-0.4, -0.2) is 42.2 Å². The van der Waals surface area contributed by atoms with Crippen LogP contribution in [-0.2, 0) is 4.74 Å². The van der Waals surface area contributed by atoms with Gasteiger partial charge in [0.2, 0.25) is 0 Å². The minimum Gasteiger partial charge on any atom is -0.453 e. The Bertz CT molecular complexity index is 254. The van der Waals surface area contributed by atoms with Gasteiger partial charge in [-0.05, 0) is 19.1 Å². The first-order valence-corrected chi connectivity index (χ1v) is 5.69. The number of rotatable bonds is 1. The minimum absolute atomic E-state index is 0.294. The van der Waals surface area contributed by atoms with E-state index in [1.807, 2.05) is 6.26 Å². The van der Waals surface area contributed by atoms with Gasteiger partial charge in [-0.2, -0.15) is 5.26 Å². The summed E-state index contributed by atoms with van der Waals surface area (Å²) in [5.74, 6) is 0. The minimum atomic E-state index is -0.301. The number of thioether (sulfide) groups is 1. The molecule has 5 heteroatoms. The molecule has 1 fully saturated rings. The molecule has 1 rings (SSSR count). The lowest BCUT2D eigenvalue weighted by molar-refractivity contribution is 0.113. The summed E-state index contributed by atoms with van der Waals surface area (Å²) >= 11 is 1.57. The van der Waals surface area contributed by atoms with Crippen molar-refractivity contribution in [2.75, 3.05) is 26.5 Å². The van der Waals surface area contributed by atoms with E-state index in [4.69, 9.17) is 5.26 Å². The Morgan fingerprint density at radius 1 is 1.57 bits per heavy atom. The van der Waals surface area contributed by atoms with Gasteiger partial charge in [-0.15, -0.1) is 11.8 Å². The van der Waals surface area contributed by atoms with Crippen LogP contribution in [0.25, 0.3) is 0 Å². The van der Waals surface area contributed by atoms with Gasteiger partial charge in [0.1, 0.15) is 4.75 Å². The van der Waals surface area contributed by atoms with Gasteiger partial charge in [0.05, 0.1) is 13.2 Å². The van der Waals surface area contributed by atoms with E-state index >= 15 is 0 Å². The Hall–Kier alpha value is -0.890. The number of ether oxygens (including phenoxy) is 1. The highest BCUT2D eigenvalue weighted by Gasteiger charge is 2.35. The van der Waals surface area contributed by atoms with Gasteiger partial charge in [-0.3, -0.25) is 0 Å². The Labute approximate surface area is 88.2 Å². The van der Waals surface area contributed by atoms with E-state index in [2.05, 4.69) is 10.8 Å². The van der Waals surface area contributed by atoms with Gasteiger partial charge < -0.3 is 9.64 Å². The van der Waals surface area contributed by atoms with Crippen molar-refractivity contribution in [3.63, 3.8) is 0 Å². The van der Waals surface area contributed by atoms with Gasteiger partial charge >= 0.3 is 6.09 Å². The summed E-state index contributed by atoms with van der Waals surface area (Å²) in [5.41, 5.74) is 0. The van der Waals surface area contributed by atoms with Crippen LogP contribution in [0.15, 0.2) is 0 Å². The van der Waals surface area contributed by atoms with Crippen molar-refractivity contribution in [2.24, 2.45) is 0 Å². The van der Waals surface area contributed by atoms with Crippen LogP contribution in [0.3, 0.4) is 0 Å². The molecule has 1 aliphatic heterocycles. The van der Waals surface area contributed by atoms with Crippen LogP contribution in [0.2, 0.25) is 0 Å². The SMILES string of the molecule is COC(=O)N1CCC(C#N)(SC)CC1. The van der Waals surface area contributed by atoms with E-state index in [0.717, 1.165) is 12.8 Å². The van der Waals surface area contributed by atoms with Crippen LogP contribution in [0, 0.1) is 11.3 Å². The molecule has 1 amide bonds. The Morgan fingerprint density at radius 2 is 2.14 bits per heavy atom. The largest absolute Gasteiger partial charge is 0.453 e. The Balaban J connectivity index is 2.54. The summed E-state index contributed by atoms with van der Waals surface area (Å²) < 4.78 is 4.32. The zero-order chi connectivity index (χ0) is 10.6. The van der Waals surface area contributed by atoms with E-state index in [9.17, 15) is 4.79 Å². The van der Waals surface area contributed by atoms with Crippen LogP contribution < -0.4 is 0 Å². The van der Waals surface area contributed by atoms with E-state index in [-0.39, 0.29) is 10.8 Å². The number of methoxy groups -OCH3 is 1. The third kappa shape index (κ3) is 2.13. The third-order valence-corrected chi connectivity index (χ3v) is 3.88.